The minimum atomic E-state index is -1.76. The molecule has 0 aliphatic rings. The van der Waals surface area contributed by atoms with E-state index in [1.807, 2.05) is 42.5 Å². The first-order valence-electron chi connectivity index (χ1n) is 9.69. The van der Waals surface area contributed by atoms with Gasteiger partial charge in [-0.05, 0) is 29.3 Å². The molecular weight excluding hydrogens is 419 g/mol. The maximum absolute atomic E-state index is 14.5. The Morgan fingerprint density at radius 1 is 1.09 bits per heavy atom. The van der Waals surface area contributed by atoms with Crippen LogP contribution >= 0.6 is 0 Å². The molecule has 1 amide bonds. The van der Waals surface area contributed by atoms with Crippen molar-refractivity contribution in [2.24, 2.45) is 0 Å². The number of rotatable bonds is 4. The standard InChI is InChI=1S/C24H16F3N3O2/c1-13(16-8-4-6-14-5-2-3-7-17(14)16)29-20(31)12-30-11-15(10-28)24(32)18-9-19(25)21(26)22(27)23(18)30/h2-9,11,13H,12H2,1H3,(H,29,31). The second-order valence-corrected chi connectivity index (χ2v) is 7.35. The van der Waals surface area contributed by atoms with E-state index < -0.39 is 57.8 Å². The lowest BCUT2D eigenvalue weighted by Crippen LogP contribution is -2.31. The number of nitriles is 1. The minimum absolute atomic E-state index is 0.419. The number of nitrogens with one attached hydrogen (secondary N) is 1. The van der Waals surface area contributed by atoms with Crippen LogP contribution in [0.1, 0.15) is 24.1 Å². The summed E-state index contributed by atoms with van der Waals surface area (Å²) in [4.78, 5) is 25.0. The van der Waals surface area contributed by atoms with Gasteiger partial charge in [0, 0.05) is 6.20 Å². The van der Waals surface area contributed by atoms with Crippen LogP contribution in [0.15, 0.2) is 59.5 Å². The van der Waals surface area contributed by atoms with Gasteiger partial charge >= 0.3 is 0 Å². The highest BCUT2D eigenvalue weighted by atomic mass is 19.2. The van der Waals surface area contributed by atoms with Crippen molar-refractivity contribution < 1.29 is 18.0 Å². The molecule has 1 unspecified atom stereocenters. The molecule has 3 aromatic carbocycles. The molecule has 4 rings (SSSR count). The van der Waals surface area contributed by atoms with Crippen molar-refractivity contribution in [3.05, 3.63) is 93.5 Å². The number of hydrogen-bond acceptors (Lipinski definition) is 3. The molecule has 0 bridgehead atoms. The molecule has 0 radical (unpaired) electrons. The summed E-state index contributed by atoms with van der Waals surface area (Å²) in [6.45, 7) is 1.27. The molecule has 1 N–H and O–H groups in total. The van der Waals surface area contributed by atoms with Gasteiger partial charge in [0.1, 0.15) is 18.2 Å². The molecule has 0 saturated carbocycles. The Kier molecular flexibility index (Phi) is 5.41. The van der Waals surface area contributed by atoms with E-state index in [0.29, 0.717) is 6.07 Å². The van der Waals surface area contributed by atoms with E-state index in [1.54, 1.807) is 13.0 Å². The highest BCUT2D eigenvalue weighted by Crippen LogP contribution is 2.25. The number of hydrogen-bond donors (Lipinski definition) is 1. The van der Waals surface area contributed by atoms with E-state index in [-0.39, 0.29) is 0 Å². The van der Waals surface area contributed by atoms with E-state index in [0.717, 1.165) is 27.1 Å². The Morgan fingerprint density at radius 2 is 1.81 bits per heavy atom. The highest BCUT2D eigenvalue weighted by molar-refractivity contribution is 5.87. The average molecular weight is 435 g/mol. The lowest BCUT2D eigenvalue weighted by atomic mass is 10.00. The van der Waals surface area contributed by atoms with E-state index in [1.165, 1.54) is 0 Å². The number of amides is 1. The zero-order chi connectivity index (χ0) is 23.0. The fourth-order valence-electron chi connectivity index (χ4n) is 3.82. The Bertz CT molecular complexity index is 1480. The molecule has 160 valence electrons. The van der Waals surface area contributed by atoms with Gasteiger partial charge in [0.05, 0.1) is 16.9 Å². The topological polar surface area (TPSA) is 74.9 Å². The molecule has 1 atom stereocenters. The van der Waals surface area contributed by atoms with Crippen LogP contribution in [-0.4, -0.2) is 10.5 Å². The molecule has 1 aromatic heterocycles. The first-order valence-corrected chi connectivity index (χ1v) is 9.69. The molecule has 8 heteroatoms. The summed E-state index contributed by atoms with van der Waals surface area (Å²) < 4.78 is 43.0. The van der Waals surface area contributed by atoms with Gasteiger partial charge in [-0.25, -0.2) is 13.2 Å². The zero-order valence-electron chi connectivity index (χ0n) is 16.8. The van der Waals surface area contributed by atoms with Crippen molar-refractivity contribution >= 4 is 27.6 Å². The van der Waals surface area contributed by atoms with Crippen LogP contribution < -0.4 is 10.7 Å². The van der Waals surface area contributed by atoms with Crippen LogP contribution in [-0.2, 0) is 11.3 Å². The van der Waals surface area contributed by atoms with Crippen molar-refractivity contribution in [1.82, 2.24) is 9.88 Å². The largest absolute Gasteiger partial charge is 0.348 e. The summed E-state index contributed by atoms with van der Waals surface area (Å²) in [5.74, 6) is -5.48. The van der Waals surface area contributed by atoms with Gasteiger partial charge < -0.3 is 9.88 Å². The predicted octanol–water partition coefficient (Wildman–Crippen LogP) is 4.32. The quantitative estimate of drug-likeness (QED) is 0.485. The fraction of sp³-hybridized carbons (Fsp3) is 0.125. The van der Waals surface area contributed by atoms with Crippen molar-refractivity contribution in [3.8, 4) is 6.07 Å². The molecular formula is C24H16F3N3O2. The van der Waals surface area contributed by atoms with Crippen molar-refractivity contribution in [2.75, 3.05) is 0 Å². The Morgan fingerprint density at radius 3 is 2.56 bits per heavy atom. The third-order valence-electron chi connectivity index (χ3n) is 5.30. The van der Waals surface area contributed by atoms with Crippen molar-refractivity contribution in [3.63, 3.8) is 0 Å². The Balaban J connectivity index is 1.71. The van der Waals surface area contributed by atoms with Gasteiger partial charge in [0.25, 0.3) is 0 Å². The number of carbonyl (C=O) groups is 1. The molecule has 1 heterocycles. The first kappa shape index (κ1) is 21.1. The van der Waals surface area contributed by atoms with E-state index >= 15 is 0 Å². The number of aromatic nitrogens is 1. The summed E-state index contributed by atoms with van der Waals surface area (Å²) >= 11 is 0. The van der Waals surface area contributed by atoms with Crippen LogP contribution in [0.5, 0.6) is 0 Å². The summed E-state index contributed by atoms with van der Waals surface area (Å²) in [5, 5.41) is 13.4. The van der Waals surface area contributed by atoms with E-state index in [2.05, 4.69) is 5.32 Å². The van der Waals surface area contributed by atoms with Gasteiger partial charge in [-0.15, -0.1) is 0 Å². The summed E-state index contributed by atoms with van der Waals surface area (Å²) in [7, 11) is 0. The average Bonchev–Trinajstić information content (AvgIpc) is 2.78. The molecule has 0 fully saturated rings. The number of fused-ring (bicyclic) bond motifs is 2. The number of benzene rings is 3. The van der Waals surface area contributed by atoms with Crippen molar-refractivity contribution in [2.45, 2.75) is 19.5 Å². The molecule has 0 aliphatic heterocycles. The summed E-state index contributed by atoms with van der Waals surface area (Å²) in [6, 6.07) is 15.1. The van der Waals surface area contributed by atoms with Crippen LogP contribution in [0, 0.1) is 28.8 Å². The van der Waals surface area contributed by atoms with Gasteiger partial charge in [0.15, 0.2) is 17.5 Å². The van der Waals surface area contributed by atoms with Gasteiger partial charge in [0.2, 0.25) is 11.3 Å². The smallest absolute Gasteiger partial charge is 0.240 e. The normalized spacial score (nSPS) is 12.0. The number of pyridine rings is 1. The SMILES string of the molecule is CC(NC(=O)Cn1cc(C#N)c(=O)c2cc(F)c(F)c(F)c21)c1cccc2ccccc12. The summed E-state index contributed by atoms with van der Waals surface area (Å²) in [6.07, 6.45) is 0.966. The van der Waals surface area contributed by atoms with Gasteiger partial charge in [-0.3, -0.25) is 9.59 Å². The number of carbonyl (C=O) groups excluding carboxylic acids is 1. The lowest BCUT2D eigenvalue weighted by molar-refractivity contribution is -0.122. The molecule has 5 nitrogen and oxygen atoms in total. The Labute approximate surface area is 180 Å². The zero-order valence-corrected chi connectivity index (χ0v) is 16.8. The van der Waals surface area contributed by atoms with E-state index in [4.69, 9.17) is 0 Å². The molecule has 32 heavy (non-hydrogen) atoms. The molecule has 4 aromatic rings. The fourth-order valence-corrected chi connectivity index (χ4v) is 3.82. The van der Waals surface area contributed by atoms with Crippen LogP contribution in [0.25, 0.3) is 21.7 Å². The highest BCUT2D eigenvalue weighted by Gasteiger charge is 2.21. The number of nitrogens with zero attached hydrogens (tertiary/aromatic N) is 2. The molecule has 0 aliphatic carbocycles. The second-order valence-electron chi connectivity index (χ2n) is 7.35. The third-order valence-corrected chi connectivity index (χ3v) is 5.30. The predicted molar refractivity (Wildman–Crippen MR) is 113 cm³/mol. The van der Waals surface area contributed by atoms with Gasteiger partial charge in [-0.2, -0.15) is 5.26 Å². The first-order chi connectivity index (χ1) is 15.3. The summed E-state index contributed by atoms with van der Waals surface area (Å²) in [5.41, 5.74) is -1.09. The van der Waals surface area contributed by atoms with Gasteiger partial charge in [-0.1, -0.05) is 42.5 Å². The number of halogens is 3. The lowest BCUT2D eigenvalue weighted by Gasteiger charge is -2.18. The second kappa shape index (κ2) is 8.19. The minimum Gasteiger partial charge on any atom is -0.348 e. The van der Waals surface area contributed by atoms with Crippen LogP contribution in [0.4, 0.5) is 13.2 Å². The Hall–Kier alpha value is -4.12. The van der Waals surface area contributed by atoms with Crippen molar-refractivity contribution in [1.29, 1.82) is 5.26 Å². The van der Waals surface area contributed by atoms with E-state index in [9.17, 15) is 28.0 Å². The van der Waals surface area contributed by atoms with Crippen LogP contribution in [0.2, 0.25) is 0 Å². The maximum Gasteiger partial charge on any atom is 0.240 e. The monoisotopic (exact) mass is 435 g/mol. The molecule has 0 saturated heterocycles. The third kappa shape index (κ3) is 3.58. The van der Waals surface area contributed by atoms with Crippen LogP contribution in [0.3, 0.4) is 0 Å². The maximum atomic E-state index is 14.5. The molecule has 0 spiro atoms.